The number of halogens is 1. The van der Waals surface area contributed by atoms with E-state index in [4.69, 9.17) is 16.7 Å². The molecule has 0 spiro atoms. The molecule has 18 heavy (non-hydrogen) atoms. The molecule has 0 saturated heterocycles. The fraction of sp³-hybridized carbons (Fsp3) is 0.333. The number of benzene rings is 1. The first-order chi connectivity index (χ1) is 7.91. The minimum Gasteiger partial charge on any atom is -0.872 e. The van der Waals surface area contributed by atoms with Gasteiger partial charge >= 0.3 is 57.4 Å². The van der Waals surface area contributed by atoms with Gasteiger partial charge in [0.15, 0.2) is 0 Å². The fourth-order valence-electron chi connectivity index (χ4n) is 1.30. The van der Waals surface area contributed by atoms with Crippen molar-refractivity contribution in [3.8, 4) is 5.75 Å². The van der Waals surface area contributed by atoms with Crippen LogP contribution in [0.4, 0.5) is 0 Å². The summed E-state index contributed by atoms with van der Waals surface area (Å²) in [6, 6.07) is 3.42. The molecule has 0 aliphatic heterocycles. The summed E-state index contributed by atoms with van der Waals surface area (Å²) in [7, 11) is 0. The van der Waals surface area contributed by atoms with Crippen molar-refractivity contribution < 1.29 is 66.4 Å². The van der Waals surface area contributed by atoms with E-state index in [2.05, 4.69) is 4.99 Å². The summed E-state index contributed by atoms with van der Waals surface area (Å²) < 4.78 is 0. The van der Waals surface area contributed by atoms with Crippen LogP contribution >= 0.6 is 11.6 Å². The Morgan fingerprint density at radius 2 is 2.11 bits per heavy atom. The summed E-state index contributed by atoms with van der Waals surface area (Å²) in [5, 5.41) is 20.8. The van der Waals surface area contributed by atoms with Crippen LogP contribution in [0.15, 0.2) is 23.2 Å². The molecular formula is C12H13ClKNO3. The Balaban J connectivity index is 0.00000289. The second-order valence-corrected chi connectivity index (χ2v) is 4.42. The largest absolute Gasteiger partial charge is 1.00 e. The minimum absolute atomic E-state index is 0. The number of hydrogen-bond acceptors (Lipinski definition) is 3. The zero-order chi connectivity index (χ0) is 13.0. The molecule has 0 bridgehead atoms. The van der Waals surface area contributed by atoms with Gasteiger partial charge in [0.25, 0.3) is 0 Å². The second kappa shape index (κ2) is 8.30. The number of carboxylic acid groups (broad SMARTS) is 1. The first kappa shape index (κ1) is 18.1. The average Bonchev–Trinajstić information content (AvgIpc) is 2.22. The van der Waals surface area contributed by atoms with E-state index in [-0.39, 0.29) is 63.1 Å². The summed E-state index contributed by atoms with van der Waals surface area (Å²) in [5.41, 5.74) is 0.296. The summed E-state index contributed by atoms with van der Waals surface area (Å²) in [6.45, 7) is 3.51. The molecule has 6 heteroatoms. The van der Waals surface area contributed by atoms with Crippen LogP contribution < -0.4 is 56.5 Å². The first-order valence-electron chi connectivity index (χ1n) is 5.14. The van der Waals surface area contributed by atoms with E-state index in [0.29, 0.717) is 10.6 Å². The van der Waals surface area contributed by atoms with Gasteiger partial charge in [-0.25, -0.2) is 4.79 Å². The third-order valence-electron chi connectivity index (χ3n) is 2.23. The van der Waals surface area contributed by atoms with Crippen molar-refractivity contribution in [3.63, 3.8) is 0 Å². The molecular weight excluding hydrogens is 281 g/mol. The average molecular weight is 294 g/mol. The maximum Gasteiger partial charge on any atom is 1.00 e. The summed E-state index contributed by atoms with van der Waals surface area (Å²) >= 11 is 5.74. The van der Waals surface area contributed by atoms with Gasteiger partial charge in [0, 0.05) is 11.2 Å². The number of carboxylic acids is 1. The summed E-state index contributed by atoms with van der Waals surface area (Å²) in [6.07, 6.45) is 1.27. The molecule has 0 aromatic heterocycles. The van der Waals surface area contributed by atoms with Crippen LogP contribution in [-0.4, -0.2) is 23.3 Å². The Kier molecular flexibility index (Phi) is 8.34. The second-order valence-electron chi connectivity index (χ2n) is 3.99. The van der Waals surface area contributed by atoms with E-state index in [1.807, 2.05) is 0 Å². The number of aliphatic imine (C=N–C) groups is 1. The molecule has 1 N–H and O–H groups in total. The molecule has 1 aromatic carbocycles. The number of hydrogen-bond donors (Lipinski definition) is 1. The van der Waals surface area contributed by atoms with Crippen LogP contribution in [0.3, 0.4) is 0 Å². The third kappa shape index (κ3) is 5.38. The number of carbonyl (C=O) groups is 1. The molecule has 0 fully saturated rings. The quantitative estimate of drug-likeness (QED) is 0.568. The Morgan fingerprint density at radius 3 is 2.61 bits per heavy atom. The predicted octanol–water partition coefficient (Wildman–Crippen LogP) is -1.05. The Morgan fingerprint density at radius 1 is 1.50 bits per heavy atom. The Labute approximate surface area is 153 Å². The maximum absolute atomic E-state index is 11.4. The molecule has 1 aromatic rings. The van der Waals surface area contributed by atoms with Crippen LogP contribution in [-0.2, 0) is 4.79 Å². The van der Waals surface area contributed by atoms with E-state index >= 15 is 0 Å². The van der Waals surface area contributed by atoms with Crippen LogP contribution in [0, 0.1) is 5.92 Å². The summed E-state index contributed by atoms with van der Waals surface area (Å²) in [5.74, 6) is -1.38. The Bertz CT molecular complexity index is 449. The van der Waals surface area contributed by atoms with Crippen molar-refractivity contribution in [1.82, 2.24) is 0 Å². The van der Waals surface area contributed by atoms with Crippen molar-refractivity contribution in [1.29, 1.82) is 0 Å². The van der Waals surface area contributed by atoms with E-state index in [0.717, 1.165) is 0 Å². The van der Waals surface area contributed by atoms with Crippen molar-refractivity contribution in [2.45, 2.75) is 19.9 Å². The first-order valence-corrected chi connectivity index (χ1v) is 5.52. The topological polar surface area (TPSA) is 72.7 Å². The maximum atomic E-state index is 11.4. The van der Waals surface area contributed by atoms with Gasteiger partial charge in [-0.1, -0.05) is 37.3 Å². The van der Waals surface area contributed by atoms with Gasteiger partial charge in [-0.2, -0.15) is 0 Å². The molecule has 92 valence electrons. The molecule has 1 rings (SSSR count). The number of nitrogens with zero attached hydrogens (tertiary/aromatic N) is 1. The van der Waals surface area contributed by atoms with E-state index in [1.54, 1.807) is 13.8 Å². The van der Waals surface area contributed by atoms with Crippen LogP contribution in [0.1, 0.15) is 19.4 Å². The van der Waals surface area contributed by atoms with Crippen LogP contribution in [0.2, 0.25) is 5.02 Å². The van der Waals surface area contributed by atoms with Gasteiger partial charge in [0.05, 0.1) is 0 Å². The molecule has 0 heterocycles. The zero-order valence-electron chi connectivity index (χ0n) is 10.6. The van der Waals surface area contributed by atoms with Crippen molar-refractivity contribution in [2.75, 3.05) is 0 Å². The number of rotatable bonds is 4. The molecule has 0 amide bonds. The van der Waals surface area contributed by atoms with E-state index in [9.17, 15) is 9.90 Å². The molecule has 1 atom stereocenters. The van der Waals surface area contributed by atoms with Crippen LogP contribution in [0.5, 0.6) is 5.75 Å². The molecule has 0 radical (unpaired) electrons. The fourth-order valence-corrected chi connectivity index (χ4v) is 1.48. The van der Waals surface area contributed by atoms with Gasteiger partial charge in [-0.05, 0) is 23.6 Å². The molecule has 0 unspecified atom stereocenters. The monoisotopic (exact) mass is 293 g/mol. The van der Waals surface area contributed by atoms with E-state index in [1.165, 1.54) is 24.4 Å². The molecule has 0 aliphatic carbocycles. The predicted molar refractivity (Wildman–Crippen MR) is 64.8 cm³/mol. The van der Waals surface area contributed by atoms with Gasteiger partial charge in [0.2, 0.25) is 0 Å². The summed E-state index contributed by atoms with van der Waals surface area (Å²) in [4.78, 5) is 14.8. The number of aliphatic carboxylic acids is 1. The normalized spacial score (nSPS) is 12.4. The van der Waals surface area contributed by atoms with Crippen molar-refractivity contribution in [2.24, 2.45) is 10.9 Å². The zero-order valence-corrected chi connectivity index (χ0v) is 14.4. The van der Waals surface area contributed by atoms with Crippen molar-refractivity contribution >= 4 is 23.8 Å². The van der Waals surface area contributed by atoms with Gasteiger partial charge in [0.1, 0.15) is 6.04 Å². The SMILES string of the molecule is CC(C)[C@H](N=Cc1cc(Cl)ccc1[O-])C(=O)O.[K+]. The van der Waals surface area contributed by atoms with Crippen molar-refractivity contribution in [3.05, 3.63) is 28.8 Å². The molecule has 4 nitrogen and oxygen atoms in total. The van der Waals surface area contributed by atoms with E-state index < -0.39 is 12.0 Å². The molecule has 0 saturated carbocycles. The van der Waals surface area contributed by atoms with Gasteiger partial charge in [-0.3, -0.25) is 4.99 Å². The van der Waals surface area contributed by atoms with Crippen LogP contribution in [0.25, 0.3) is 0 Å². The third-order valence-corrected chi connectivity index (χ3v) is 2.47. The minimum atomic E-state index is -1.01. The Hall–Kier alpha value is 0.0864. The standard InChI is InChI=1S/C12H14ClNO3.K/c1-7(2)11(12(16)17)14-6-8-5-9(13)3-4-10(8)15;/h3-7,11,15H,1-2H3,(H,16,17);/q;+1/p-1/t11-;/m0./s1. The smallest absolute Gasteiger partial charge is 0.872 e. The van der Waals surface area contributed by atoms with Gasteiger partial charge < -0.3 is 10.2 Å². The molecule has 0 aliphatic rings. The van der Waals surface area contributed by atoms with Gasteiger partial charge in [-0.15, -0.1) is 0 Å².